The molecule has 128 valence electrons. The highest BCUT2D eigenvalue weighted by atomic mass is 16.1. The zero-order valence-electron chi connectivity index (χ0n) is 14.8. The lowest BCUT2D eigenvalue weighted by Gasteiger charge is -2.13. The van der Waals surface area contributed by atoms with E-state index in [1.807, 2.05) is 39.2 Å². The van der Waals surface area contributed by atoms with Gasteiger partial charge in [0.15, 0.2) is 5.69 Å². The molecule has 0 atom stereocenters. The number of nitrogens with zero attached hydrogens (tertiary/aromatic N) is 3. The first-order valence-corrected chi connectivity index (χ1v) is 8.13. The minimum absolute atomic E-state index is 0.244. The molecule has 2 N–H and O–H groups in total. The Balaban J connectivity index is 2.03. The topological polar surface area (TPSA) is 70.2 Å². The molecule has 1 aromatic heterocycles. The van der Waals surface area contributed by atoms with Crippen molar-refractivity contribution in [2.45, 2.75) is 20.3 Å². The van der Waals surface area contributed by atoms with E-state index in [1.54, 1.807) is 12.1 Å². The number of amides is 1. The van der Waals surface area contributed by atoms with Crippen LogP contribution in [-0.2, 0) is 6.42 Å². The molecule has 0 aliphatic carbocycles. The zero-order valence-corrected chi connectivity index (χ0v) is 14.8. The molecule has 6 heteroatoms. The Bertz CT molecular complexity index is 682. The number of anilines is 2. The van der Waals surface area contributed by atoms with E-state index < -0.39 is 0 Å². The van der Waals surface area contributed by atoms with E-state index in [4.69, 9.17) is 0 Å². The van der Waals surface area contributed by atoms with Crippen molar-refractivity contribution in [3.8, 4) is 0 Å². The molecule has 0 aliphatic rings. The minimum atomic E-state index is -0.244. The van der Waals surface area contributed by atoms with Gasteiger partial charge in [0.1, 0.15) is 5.82 Å². The number of likely N-dealkylation sites (N-methyl/N-ethyl adjacent to an activating group) is 1. The first kappa shape index (κ1) is 17.9. The molecule has 0 radical (unpaired) electrons. The van der Waals surface area contributed by atoms with Crippen molar-refractivity contribution in [1.82, 2.24) is 15.1 Å². The second-order valence-electron chi connectivity index (χ2n) is 5.95. The molecular formula is C18H25N5O. The molecule has 0 fully saturated rings. The number of hydrogen-bond acceptors (Lipinski definition) is 5. The fourth-order valence-electron chi connectivity index (χ4n) is 2.33. The lowest BCUT2D eigenvalue weighted by atomic mass is 10.1. The maximum absolute atomic E-state index is 12.4. The van der Waals surface area contributed by atoms with Crippen LogP contribution in [0.2, 0.25) is 0 Å². The molecular weight excluding hydrogens is 302 g/mol. The molecule has 2 rings (SSSR count). The standard InChI is InChI=1S/C18H25N5O/c1-5-14-8-6-7-13(2)17(14)20-18(24)15-9-10-16(22-21-15)19-11-12-23(3)4/h6-10H,5,11-12H2,1-4H3,(H,19,22)(H,20,24). The Kier molecular flexibility index (Phi) is 6.26. The first-order valence-electron chi connectivity index (χ1n) is 8.13. The third kappa shape index (κ3) is 4.76. The quantitative estimate of drug-likeness (QED) is 0.818. The second kappa shape index (κ2) is 8.40. The molecule has 0 spiro atoms. The molecule has 1 aromatic carbocycles. The number of benzene rings is 1. The van der Waals surface area contributed by atoms with E-state index in [1.165, 1.54) is 0 Å². The van der Waals surface area contributed by atoms with Crippen LogP contribution in [0.15, 0.2) is 30.3 Å². The van der Waals surface area contributed by atoms with Crippen molar-refractivity contribution < 1.29 is 4.79 Å². The van der Waals surface area contributed by atoms with Gasteiger partial charge in [-0.25, -0.2) is 0 Å². The Labute approximate surface area is 143 Å². The van der Waals surface area contributed by atoms with Crippen molar-refractivity contribution in [3.05, 3.63) is 47.2 Å². The molecule has 0 aliphatic heterocycles. The average Bonchev–Trinajstić information content (AvgIpc) is 2.57. The maximum Gasteiger partial charge on any atom is 0.276 e. The van der Waals surface area contributed by atoms with Gasteiger partial charge in [0.25, 0.3) is 5.91 Å². The molecule has 2 aromatic rings. The summed E-state index contributed by atoms with van der Waals surface area (Å²) in [6.45, 7) is 5.73. The van der Waals surface area contributed by atoms with Crippen LogP contribution in [0.25, 0.3) is 0 Å². The van der Waals surface area contributed by atoms with E-state index in [0.717, 1.165) is 36.3 Å². The van der Waals surface area contributed by atoms with E-state index >= 15 is 0 Å². The zero-order chi connectivity index (χ0) is 17.5. The summed E-state index contributed by atoms with van der Waals surface area (Å²) in [4.78, 5) is 14.5. The minimum Gasteiger partial charge on any atom is -0.367 e. The van der Waals surface area contributed by atoms with Crippen LogP contribution in [0, 0.1) is 6.92 Å². The summed E-state index contributed by atoms with van der Waals surface area (Å²) in [6.07, 6.45) is 0.859. The van der Waals surface area contributed by atoms with Crippen LogP contribution >= 0.6 is 0 Å². The van der Waals surface area contributed by atoms with Crippen LogP contribution in [-0.4, -0.2) is 48.2 Å². The van der Waals surface area contributed by atoms with Crippen LogP contribution in [0.4, 0.5) is 11.5 Å². The Morgan fingerprint density at radius 3 is 2.58 bits per heavy atom. The molecule has 0 bridgehead atoms. The van der Waals surface area contributed by atoms with Gasteiger partial charge < -0.3 is 15.5 Å². The second-order valence-corrected chi connectivity index (χ2v) is 5.95. The summed E-state index contributed by atoms with van der Waals surface area (Å²) < 4.78 is 0. The van der Waals surface area contributed by atoms with E-state index in [-0.39, 0.29) is 5.91 Å². The first-order chi connectivity index (χ1) is 11.5. The predicted molar refractivity (Wildman–Crippen MR) is 97.6 cm³/mol. The van der Waals surface area contributed by atoms with Gasteiger partial charge in [-0.1, -0.05) is 25.1 Å². The van der Waals surface area contributed by atoms with Crippen molar-refractivity contribution in [1.29, 1.82) is 0 Å². The van der Waals surface area contributed by atoms with Gasteiger partial charge in [-0.2, -0.15) is 0 Å². The fourth-order valence-corrected chi connectivity index (χ4v) is 2.33. The summed E-state index contributed by atoms with van der Waals surface area (Å²) in [5.41, 5.74) is 3.31. The fraction of sp³-hybridized carbons (Fsp3) is 0.389. The van der Waals surface area contributed by atoms with Crippen molar-refractivity contribution >= 4 is 17.4 Å². The van der Waals surface area contributed by atoms with E-state index in [9.17, 15) is 4.79 Å². The number of aromatic nitrogens is 2. The van der Waals surface area contributed by atoms with Crippen molar-refractivity contribution in [2.75, 3.05) is 37.8 Å². The van der Waals surface area contributed by atoms with Crippen molar-refractivity contribution in [3.63, 3.8) is 0 Å². The molecule has 1 heterocycles. The Morgan fingerprint density at radius 2 is 1.96 bits per heavy atom. The highest BCUT2D eigenvalue weighted by Gasteiger charge is 2.12. The van der Waals surface area contributed by atoms with E-state index in [0.29, 0.717) is 11.5 Å². The van der Waals surface area contributed by atoms with Crippen LogP contribution in [0.1, 0.15) is 28.5 Å². The summed E-state index contributed by atoms with van der Waals surface area (Å²) in [6, 6.07) is 9.46. The summed E-state index contributed by atoms with van der Waals surface area (Å²) >= 11 is 0. The van der Waals surface area contributed by atoms with Gasteiger partial charge in [-0.3, -0.25) is 4.79 Å². The molecule has 0 saturated heterocycles. The Hall–Kier alpha value is -2.47. The molecule has 6 nitrogen and oxygen atoms in total. The van der Waals surface area contributed by atoms with Gasteiger partial charge >= 0.3 is 0 Å². The number of hydrogen-bond donors (Lipinski definition) is 2. The van der Waals surface area contributed by atoms with Crippen LogP contribution in [0.5, 0.6) is 0 Å². The van der Waals surface area contributed by atoms with Crippen molar-refractivity contribution in [2.24, 2.45) is 0 Å². The number of aryl methyl sites for hydroxylation is 2. The highest BCUT2D eigenvalue weighted by Crippen LogP contribution is 2.21. The maximum atomic E-state index is 12.4. The van der Waals surface area contributed by atoms with E-state index in [2.05, 4.69) is 32.7 Å². The largest absolute Gasteiger partial charge is 0.367 e. The predicted octanol–water partition coefficient (Wildman–Crippen LogP) is 2.57. The number of nitrogens with one attached hydrogen (secondary N) is 2. The smallest absolute Gasteiger partial charge is 0.276 e. The van der Waals surface area contributed by atoms with Gasteiger partial charge in [0.2, 0.25) is 0 Å². The molecule has 0 unspecified atom stereocenters. The average molecular weight is 327 g/mol. The van der Waals surface area contributed by atoms with Crippen LogP contribution < -0.4 is 10.6 Å². The summed E-state index contributed by atoms with van der Waals surface area (Å²) in [7, 11) is 4.02. The lowest BCUT2D eigenvalue weighted by molar-refractivity contribution is 0.102. The number of carbonyl (C=O) groups is 1. The highest BCUT2D eigenvalue weighted by molar-refractivity contribution is 6.03. The number of carbonyl (C=O) groups excluding carboxylic acids is 1. The van der Waals surface area contributed by atoms with Gasteiger partial charge in [0, 0.05) is 18.8 Å². The normalized spacial score (nSPS) is 10.7. The Morgan fingerprint density at radius 1 is 1.17 bits per heavy atom. The molecule has 1 amide bonds. The monoisotopic (exact) mass is 327 g/mol. The van der Waals surface area contributed by atoms with Gasteiger partial charge in [0.05, 0.1) is 0 Å². The molecule has 24 heavy (non-hydrogen) atoms. The summed E-state index contributed by atoms with van der Waals surface area (Å²) in [5.74, 6) is 0.421. The molecule has 0 saturated carbocycles. The SMILES string of the molecule is CCc1cccc(C)c1NC(=O)c1ccc(NCCN(C)C)nn1. The van der Waals surface area contributed by atoms with Gasteiger partial charge in [-0.05, 0) is 50.7 Å². The number of rotatable bonds is 7. The number of para-hydroxylation sites is 1. The lowest BCUT2D eigenvalue weighted by Crippen LogP contribution is -2.21. The third-order valence-electron chi connectivity index (χ3n) is 3.74. The van der Waals surface area contributed by atoms with Crippen LogP contribution in [0.3, 0.4) is 0 Å². The van der Waals surface area contributed by atoms with Gasteiger partial charge in [-0.15, -0.1) is 10.2 Å². The third-order valence-corrected chi connectivity index (χ3v) is 3.74. The summed E-state index contributed by atoms with van der Waals surface area (Å²) in [5, 5.41) is 14.2.